The quantitative estimate of drug-likeness (QED) is 0.805. The van der Waals surface area contributed by atoms with Crippen molar-refractivity contribution in [2.75, 3.05) is 13.1 Å². The second kappa shape index (κ2) is 4.66. The molecule has 1 amide bonds. The smallest absolute Gasteiger partial charge is 0.244 e. The third-order valence-corrected chi connectivity index (χ3v) is 3.12. The molecule has 3 nitrogen and oxygen atoms in total. The molecule has 1 aliphatic rings. The van der Waals surface area contributed by atoms with Crippen molar-refractivity contribution in [1.29, 1.82) is 0 Å². The molecular formula is C13H18N2O. The van der Waals surface area contributed by atoms with Crippen molar-refractivity contribution >= 4 is 5.91 Å². The van der Waals surface area contributed by atoms with E-state index < -0.39 is 5.54 Å². The molecule has 2 rings (SSSR count). The van der Waals surface area contributed by atoms with Crippen LogP contribution in [0.1, 0.15) is 25.3 Å². The van der Waals surface area contributed by atoms with Crippen LogP contribution in [0.25, 0.3) is 0 Å². The lowest BCUT2D eigenvalue weighted by Crippen LogP contribution is -2.60. The van der Waals surface area contributed by atoms with Crippen molar-refractivity contribution in [1.82, 2.24) is 10.6 Å². The zero-order valence-corrected chi connectivity index (χ0v) is 9.62. The summed E-state index contributed by atoms with van der Waals surface area (Å²) in [5.41, 5.74) is 0.544. The van der Waals surface area contributed by atoms with Gasteiger partial charge in [-0.05, 0) is 12.0 Å². The van der Waals surface area contributed by atoms with E-state index in [2.05, 4.69) is 17.6 Å². The molecule has 1 aromatic rings. The van der Waals surface area contributed by atoms with Gasteiger partial charge >= 0.3 is 0 Å². The summed E-state index contributed by atoms with van der Waals surface area (Å²) in [6, 6.07) is 9.98. The number of hydrogen-bond acceptors (Lipinski definition) is 2. The normalized spacial score (nSPS) is 25.2. The van der Waals surface area contributed by atoms with Crippen LogP contribution < -0.4 is 10.6 Å². The predicted octanol–water partition coefficient (Wildman–Crippen LogP) is 1.40. The summed E-state index contributed by atoms with van der Waals surface area (Å²) >= 11 is 0. The van der Waals surface area contributed by atoms with Crippen molar-refractivity contribution in [3.8, 4) is 0 Å². The SMILES string of the molecule is CCCC1(c2ccccc2)NCCNC1=O. The average Bonchev–Trinajstić information content (AvgIpc) is 2.34. The Bertz CT molecular complexity index is 359. The summed E-state index contributed by atoms with van der Waals surface area (Å²) in [6.45, 7) is 3.66. The van der Waals surface area contributed by atoms with E-state index in [0.717, 1.165) is 31.5 Å². The fourth-order valence-corrected chi connectivity index (χ4v) is 2.36. The van der Waals surface area contributed by atoms with Gasteiger partial charge in [-0.15, -0.1) is 0 Å². The highest BCUT2D eigenvalue weighted by molar-refractivity contribution is 5.88. The molecule has 1 aromatic carbocycles. The molecule has 86 valence electrons. The van der Waals surface area contributed by atoms with Gasteiger partial charge in [0.05, 0.1) is 0 Å². The number of carbonyl (C=O) groups excluding carboxylic acids is 1. The van der Waals surface area contributed by atoms with E-state index in [9.17, 15) is 4.79 Å². The Balaban J connectivity index is 2.38. The number of piperazine rings is 1. The van der Waals surface area contributed by atoms with Crippen molar-refractivity contribution in [3.05, 3.63) is 35.9 Å². The van der Waals surface area contributed by atoms with E-state index in [1.807, 2.05) is 30.3 Å². The molecule has 0 saturated carbocycles. The Labute approximate surface area is 96.2 Å². The Hall–Kier alpha value is -1.35. The third-order valence-electron chi connectivity index (χ3n) is 3.12. The summed E-state index contributed by atoms with van der Waals surface area (Å²) in [7, 11) is 0. The van der Waals surface area contributed by atoms with Crippen LogP contribution in [0.4, 0.5) is 0 Å². The van der Waals surface area contributed by atoms with Gasteiger partial charge in [-0.25, -0.2) is 0 Å². The van der Waals surface area contributed by atoms with Gasteiger partial charge < -0.3 is 5.32 Å². The summed E-state index contributed by atoms with van der Waals surface area (Å²) in [6.07, 6.45) is 1.82. The van der Waals surface area contributed by atoms with Gasteiger partial charge in [-0.3, -0.25) is 10.1 Å². The zero-order valence-electron chi connectivity index (χ0n) is 9.62. The highest BCUT2D eigenvalue weighted by atomic mass is 16.2. The van der Waals surface area contributed by atoms with Gasteiger partial charge in [0.15, 0.2) is 0 Å². The van der Waals surface area contributed by atoms with Gasteiger partial charge in [0.1, 0.15) is 5.54 Å². The summed E-state index contributed by atoms with van der Waals surface area (Å²) in [4.78, 5) is 12.1. The first kappa shape index (κ1) is 11.1. The number of amides is 1. The van der Waals surface area contributed by atoms with E-state index in [0.29, 0.717) is 0 Å². The second-order valence-corrected chi connectivity index (χ2v) is 4.20. The van der Waals surface area contributed by atoms with Crippen LogP contribution in [0, 0.1) is 0 Å². The summed E-state index contributed by atoms with van der Waals surface area (Å²) in [5, 5.41) is 6.34. The largest absolute Gasteiger partial charge is 0.353 e. The second-order valence-electron chi connectivity index (χ2n) is 4.20. The van der Waals surface area contributed by atoms with Crippen LogP contribution in [0.5, 0.6) is 0 Å². The third kappa shape index (κ3) is 1.83. The van der Waals surface area contributed by atoms with Crippen LogP contribution >= 0.6 is 0 Å². The minimum atomic E-state index is -0.520. The number of hydrogen-bond donors (Lipinski definition) is 2. The number of nitrogens with one attached hydrogen (secondary N) is 2. The van der Waals surface area contributed by atoms with Gasteiger partial charge in [0.25, 0.3) is 0 Å². The first-order chi connectivity index (χ1) is 7.79. The molecule has 0 spiro atoms. The average molecular weight is 218 g/mol. The van der Waals surface area contributed by atoms with Crippen LogP contribution in [0.3, 0.4) is 0 Å². The first-order valence-corrected chi connectivity index (χ1v) is 5.88. The van der Waals surface area contributed by atoms with E-state index in [4.69, 9.17) is 0 Å². The topological polar surface area (TPSA) is 41.1 Å². The van der Waals surface area contributed by atoms with Crippen molar-refractivity contribution in [3.63, 3.8) is 0 Å². The lowest BCUT2D eigenvalue weighted by molar-refractivity contribution is -0.130. The molecule has 16 heavy (non-hydrogen) atoms. The maximum Gasteiger partial charge on any atom is 0.244 e. The number of rotatable bonds is 3. The Morgan fingerprint density at radius 1 is 1.25 bits per heavy atom. The number of benzene rings is 1. The summed E-state index contributed by atoms with van der Waals surface area (Å²) < 4.78 is 0. The van der Waals surface area contributed by atoms with Gasteiger partial charge in [-0.1, -0.05) is 43.7 Å². The van der Waals surface area contributed by atoms with E-state index >= 15 is 0 Å². The molecule has 1 aliphatic heterocycles. The van der Waals surface area contributed by atoms with Crippen molar-refractivity contribution in [2.24, 2.45) is 0 Å². The van der Waals surface area contributed by atoms with E-state index in [1.54, 1.807) is 0 Å². The van der Waals surface area contributed by atoms with E-state index in [1.165, 1.54) is 0 Å². The Morgan fingerprint density at radius 2 is 2.00 bits per heavy atom. The molecule has 1 atom stereocenters. The minimum absolute atomic E-state index is 0.104. The lowest BCUT2D eigenvalue weighted by atomic mass is 9.83. The molecule has 1 heterocycles. The number of carbonyl (C=O) groups is 1. The van der Waals surface area contributed by atoms with Crippen LogP contribution in [-0.2, 0) is 10.3 Å². The first-order valence-electron chi connectivity index (χ1n) is 5.88. The molecule has 0 aliphatic carbocycles. The lowest BCUT2D eigenvalue weighted by Gasteiger charge is -2.37. The molecule has 1 saturated heterocycles. The highest BCUT2D eigenvalue weighted by Crippen LogP contribution is 2.28. The monoisotopic (exact) mass is 218 g/mol. The van der Waals surface area contributed by atoms with Crippen LogP contribution in [-0.4, -0.2) is 19.0 Å². The molecule has 2 N–H and O–H groups in total. The maximum atomic E-state index is 12.1. The fraction of sp³-hybridized carbons (Fsp3) is 0.462. The van der Waals surface area contributed by atoms with Gasteiger partial charge in [-0.2, -0.15) is 0 Å². The minimum Gasteiger partial charge on any atom is -0.353 e. The summed E-state index contributed by atoms with van der Waals surface area (Å²) in [5.74, 6) is 0.104. The molecular weight excluding hydrogens is 200 g/mol. The van der Waals surface area contributed by atoms with Gasteiger partial charge in [0, 0.05) is 13.1 Å². The van der Waals surface area contributed by atoms with Crippen LogP contribution in [0.15, 0.2) is 30.3 Å². The molecule has 0 aromatic heterocycles. The zero-order chi connectivity index (χ0) is 11.4. The molecule has 1 fully saturated rings. The fourth-order valence-electron chi connectivity index (χ4n) is 2.36. The van der Waals surface area contributed by atoms with Gasteiger partial charge in [0.2, 0.25) is 5.91 Å². The molecule has 0 radical (unpaired) electrons. The molecule has 1 unspecified atom stereocenters. The maximum absolute atomic E-state index is 12.1. The predicted molar refractivity (Wildman–Crippen MR) is 64.0 cm³/mol. The Kier molecular flexibility index (Phi) is 3.25. The molecule has 3 heteroatoms. The standard InChI is InChI=1S/C13H18N2O/c1-2-8-13(11-6-4-3-5-7-11)12(16)14-9-10-15-13/h3-7,15H,2,8-10H2,1H3,(H,14,16). The van der Waals surface area contributed by atoms with Crippen molar-refractivity contribution in [2.45, 2.75) is 25.3 Å². The molecule has 0 bridgehead atoms. The highest BCUT2D eigenvalue weighted by Gasteiger charge is 2.40. The Morgan fingerprint density at radius 3 is 2.62 bits per heavy atom. The van der Waals surface area contributed by atoms with E-state index in [-0.39, 0.29) is 5.91 Å². The van der Waals surface area contributed by atoms with Crippen molar-refractivity contribution < 1.29 is 4.79 Å². The van der Waals surface area contributed by atoms with Crippen LogP contribution in [0.2, 0.25) is 0 Å².